The number of nitrogens with zero attached hydrogens (tertiary/aromatic N) is 4. The smallest absolute Gasteiger partial charge is 0.134 e. The monoisotopic (exact) mass is 274 g/mol. The fourth-order valence-electron chi connectivity index (χ4n) is 2.15. The lowest BCUT2D eigenvalue weighted by Gasteiger charge is -2.13. The second-order valence-electron chi connectivity index (χ2n) is 4.63. The van der Waals surface area contributed by atoms with Crippen molar-refractivity contribution in [2.75, 3.05) is 23.7 Å². The maximum absolute atomic E-state index is 4.35. The van der Waals surface area contributed by atoms with Gasteiger partial charge in [0.25, 0.3) is 0 Å². The average Bonchev–Trinajstić information content (AvgIpc) is 2.85. The lowest BCUT2D eigenvalue weighted by atomic mass is 10.2. The van der Waals surface area contributed by atoms with Crippen LogP contribution in [0.25, 0.3) is 0 Å². The molecular formula is C14H22N6. The molecule has 2 aromatic heterocycles. The van der Waals surface area contributed by atoms with Crippen molar-refractivity contribution < 1.29 is 0 Å². The minimum Gasteiger partial charge on any atom is -0.370 e. The van der Waals surface area contributed by atoms with E-state index in [0.717, 1.165) is 43.1 Å². The summed E-state index contributed by atoms with van der Waals surface area (Å²) in [4.78, 5) is 8.64. The third-order valence-corrected chi connectivity index (χ3v) is 3.11. The zero-order valence-corrected chi connectivity index (χ0v) is 12.3. The minimum atomic E-state index is 0.835. The Morgan fingerprint density at radius 1 is 1.15 bits per heavy atom. The van der Waals surface area contributed by atoms with Gasteiger partial charge in [-0.1, -0.05) is 6.92 Å². The molecule has 6 nitrogen and oxygen atoms in total. The lowest BCUT2D eigenvalue weighted by Crippen LogP contribution is -2.11. The fraction of sp³-hybridized carbons (Fsp3) is 0.500. The highest BCUT2D eigenvalue weighted by Crippen LogP contribution is 2.20. The van der Waals surface area contributed by atoms with E-state index in [1.807, 2.05) is 24.1 Å². The van der Waals surface area contributed by atoms with Crippen molar-refractivity contribution in [2.24, 2.45) is 7.05 Å². The normalized spacial score (nSPS) is 10.6. The Labute approximate surface area is 119 Å². The Morgan fingerprint density at radius 2 is 1.90 bits per heavy atom. The van der Waals surface area contributed by atoms with Crippen LogP contribution in [0, 0.1) is 0 Å². The second kappa shape index (κ2) is 6.88. The molecule has 2 heterocycles. The van der Waals surface area contributed by atoms with E-state index in [9.17, 15) is 0 Å². The van der Waals surface area contributed by atoms with Crippen LogP contribution in [-0.2, 0) is 19.9 Å². The largest absolute Gasteiger partial charge is 0.370 e. The van der Waals surface area contributed by atoms with Gasteiger partial charge >= 0.3 is 0 Å². The SMILES string of the molecule is CCNc1ncnc(NCCc2cnn(C)c2)c1CC. The van der Waals surface area contributed by atoms with E-state index in [-0.39, 0.29) is 0 Å². The van der Waals surface area contributed by atoms with Gasteiger partial charge in [-0.3, -0.25) is 4.68 Å². The highest BCUT2D eigenvalue weighted by atomic mass is 15.2. The van der Waals surface area contributed by atoms with E-state index in [1.54, 1.807) is 6.33 Å². The van der Waals surface area contributed by atoms with E-state index in [1.165, 1.54) is 5.56 Å². The summed E-state index contributed by atoms with van der Waals surface area (Å²) in [6.45, 7) is 5.88. The van der Waals surface area contributed by atoms with Gasteiger partial charge in [-0.05, 0) is 25.3 Å². The summed E-state index contributed by atoms with van der Waals surface area (Å²) in [6.07, 6.45) is 7.36. The highest BCUT2D eigenvalue weighted by molar-refractivity contribution is 5.57. The van der Waals surface area contributed by atoms with E-state index in [4.69, 9.17) is 0 Å². The summed E-state index contributed by atoms with van der Waals surface area (Å²) in [7, 11) is 1.93. The third kappa shape index (κ3) is 3.46. The van der Waals surface area contributed by atoms with Crippen molar-refractivity contribution in [3.63, 3.8) is 0 Å². The highest BCUT2D eigenvalue weighted by Gasteiger charge is 2.08. The van der Waals surface area contributed by atoms with Gasteiger partial charge in [-0.2, -0.15) is 5.10 Å². The molecule has 6 heteroatoms. The Balaban J connectivity index is 1.99. The van der Waals surface area contributed by atoms with Crippen LogP contribution in [0.15, 0.2) is 18.7 Å². The summed E-state index contributed by atoms with van der Waals surface area (Å²) >= 11 is 0. The van der Waals surface area contributed by atoms with Crippen molar-refractivity contribution in [3.8, 4) is 0 Å². The summed E-state index contributed by atoms with van der Waals surface area (Å²) in [5.41, 5.74) is 2.36. The zero-order chi connectivity index (χ0) is 14.4. The Morgan fingerprint density at radius 3 is 2.50 bits per heavy atom. The van der Waals surface area contributed by atoms with Crippen LogP contribution in [0.2, 0.25) is 0 Å². The molecule has 0 atom stereocenters. The molecule has 0 spiro atoms. The summed E-state index contributed by atoms with van der Waals surface area (Å²) < 4.78 is 1.82. The molecule has 2 N–H and O–H groups in total. The van der Waals surface area contributed by atoms with Crippen LogP contribution >= 0.6 is 0 Å². The standard InChI is InChI=1S/C14H22N6/c1-4-12-13(15-5-2)17-10-18-14(12)16-7-6-11-8-19-20(3)9-11/h8-10H,4-7H2,1-3H3,(H2,15,16,17,18). The molecule has 0 saturated carbocycles. The molecule has 0 aromatic carbocycles. The molecule has 0 aliphatic rings. The first kappa shape index (κ1) is 14.3. The van der Waals surface area contributed by atoms with Crippen molar-refractivity contribution >= 4 is 11.6 Å². The van der Waals surface area contributed by atoms with E-state index in [0.29, 0.717) is 0 Å². The number of rotatable bonds is 7. The topological polar surface area (TPSA) is 67.7 Å². The first-order valence-corrected chi connectivity index (χ1v) is 7.03. The third-order valence-electron chi connectivity index (χ3n) is 3.11. The number of anilines is 2. The number of hydrogen-bond acceptors (Lipinski definition) is 5. The van der Waals surface area contributed by atoms with Gasteiger partial charge in [-0.15, -0.1) is 0 Å². The summed E-state index contributed by atoms with van der Waals surface area (Å²) in [5.74, 6) is 1.84. The summed E-state index contributed by atoms with van der Waals surface area (Å²) in [5, 5.41) is 10.8. The maximum atomic E-state index is 4.35. The molecule has 0 radical (unpaired) electrons. The van der Waals surface area contributed by atoms with Crippen molar-refractivity contribution in [3.05, 3.63) is 29.8 Å². The second-order valence-corrected chi connectivity index (χ2v) is 4.63. The molecule has 0 unspecified atom stereocenters. The van der Waals surface area contributed by atoms with Gasteiger partial charge in [0, 0.05) is 31.9 Å². The van der Waals surface area contributed by atoms with Crippen molar-refractivity contribution in [1.82, 2.24) is 19.7 Å². The zero-order valence-electron chi connectivity index (χ0n) is 12.3. The van der Waals surface area contributed by atoms with Gasteiger partial charge in [0.2, 0.25) is 0 Å². The van der Waals surface area contributed by atoms with Crippen molar-refractivity contribution in [1.29, 1.82) is 0 Å². The van der Waals surface area contributed by atoms with Gasteiger partial charge in [0.05, 0.1) is 6.20 Å². The van der Waals surface area contributed by atoms with Crippen LogP contribution in [-0.4, -0.2) is 32.8 Å². The molecular weight excluding hydrogens is 252 g/mol. The van der Waals surface area contributed by atoms with E-state index in [2.05, 4.69) is 39.5 Å². The van der Waals surface area contributed by atoms with Crippen molar-refractivity contribution in [2.45, 2.75) is 26.7 Å². The van der Waals surface area contributed by atoms with Gasteiger partial charge in [0.15, 0.2) is 0 Å². The molecule has 2 aromatic rings. The number of aromatic nitrogens is 4. The first-order valence-electron chi connectivity index (χ1n) is 7.03. The van der Waals surface area contributed by atoms with Crippen LogP contribution in [0.4, 0.5) is 11.6 Å². The molecule has 0 aliphatic carbocycles. The quantitative estimate of drug-likeness (QED) is 0.806. The molecule has 20 heavy (non-hydrogen) atoms. The van der Waals surface area contributed by atoms with Gasteiger partial charge < -0.3 is 10.6 Å². The molecule has 0 saturated heterocycles. The molecule has 0 amide bonds. The molecule has 0 bridgehead atoms. The molecule has 2 rings (SSSR count). The molecule has 0 fully saturated rings. The van der Waals surface area contributed by atoms with Crippen LogP contribution in [0.5, 0.6) is 0 Å². The molecule has 108 valence electrons. The van der Waals surface area contributed by atoms with Crippen LogP contribution in [0.3, 0.4) is 0 Å². The number of aryl methyl sites for hydroxylation is 1. The fourth-order valence-corrected chi connectivity index (χ4v) is 2.15. The predicted molar refractivity (Wildman–Crippen MR) is 81.0 cm³/mol. The van der Waals surface area contributed by atoms with Crippen LogP contribution < -0.4 is 10.6 Å². The molecule has 0 aliphatic heterocycles. The van der Waals surface area contributed by atoms with Gasteiger partial charge in [0.1, 0.15) is 18.0 Å². The van der Waals surface area contributed by atoms with Gasteiger partial charge in [-0.25, -0.2) is 9.97 Å². The van der Waals surface area contributed by atoms with E-state index < -0.39 is 0 Å². The average molecular weight is 274 g/mol. The Kier molecular flexibility index (Phi) is 4.92. The number of hydrogen-bond donors (Lipinski definition) is 2. The number of nitrogens with one attached hydrogen (secondary N) is 2. The Hall–Kier alpha value is -2.11. The lowest BCUT2D eigenvalue weighted by molar-refractivity contribution is 0.766. The maximum Gasteiger partial charge on any atom is 0.134 e. The predicted octanol–water partition coefficient (Wildman–Crippen LogP) is 1.86. The first-order chi connectivity index (χ1) is 9.74. The minimum absolute atomic E-state index is 0.835. The Bertz CT molecular complexity index is 548. The summed E-state index contributed by atoms with van der Waals surface area (Å²) in [6, 6.07) is 0. The van der Waals surface area contributed by atoms with E-state index >= 15 is 0 Å². The van der Waals surface area contributed by atoms with Crippen LogP contribution in [0.1, 0.15) is 25.0 Å².